The number of aromatic nitrogens is 1. The van der Waals surface area contributed by atoms with Gasteiger partial charge in [-0.15, -0.1) is 0 Å². The van der Waals surface area contributed by atoms with Gasteiger partial charge in [0.15, 0.2) is 0 Å². The molecule has 9 aromatic rings. The van der Waals surface area contributed by atoms with Gasteiger partial charge in [0, 0.05) is 67.2 Å². The van der Waals surface area contributed by atoms with Crippen molar-refractivity contribution in [3.63, 3.8) is 0 Å². The Morgan fingerprint density at radius 1 is 0.466 bits per heavy atom. The summed E-state index contributed by atoms with van der Waals surface area (Å²) in [4.78, 5) is 7.89. The van der Waals surface area contributed by atoms with Crippen LogP contribution in [-0.2, 0) is 21.7 Å². The van der Waals surface area contributed by atoms with Crippen molar-refractivity contribution in [2.45, 2.75) is 129 Å². The number of hydrogen-bond acceptors (Lipinski definition) is 3. The van der Waals surface area contributed by atoms with E-state index in [2.05, 4.69) is 265 Å². The van der Waals surface area contributed by atoms with Crippen LogP contribution in [0, 0.1) is 0 Å². The Morgan fingerprint density at radius 2 is 1.03 bits per heavy atom. The molecule has 4 heterocycles. The molecule has 5 heteroatoms. The lowest BCUT2D eigenvalue weighted by Gasteiger charge is -2.50. The van der Waals surface area contributed by atoms with E-state index in [1.165, 1.54) is 108 Å². The predicted molar refractivity (Wildman–Crippen MR) is 314 cm³/mol. The van der Waals surface area contributed by atoms with E-state index in [4.69, 9.17) is 0 Å². The summed E-state index contributed by atoms with van der Waals surface area (Å²) in [5, 5.41) is 2.58. The van der Waals surface area contributed by atoms with Gasteiger partial charge in [0.05, 0.1) is 16.7 Å². The summed E-state index contributed by atoms with van der Waals surface area (Å²) in [7, 11) is 0. The summed E-state index contributed by atoms with van der Waals surface area (Å²) in [6.45, 7) is 25.9. The monoisotopic (exact) mass is 953 g/mol. The maximum Gasteiger partial charge on any atom is 0.252 e. The van der Waals surface area contributed by atoms with Gasteiger partial charge >= 0.3 is 0 Å². The summed E-state index contributed by atoms with van der Waals surface area (Å²) in [5.41, 5.74) is 22.9. The van der Waals surface area contributed by atoms with Gasteiger partial charge in [0.1, 0.15) is 0 Å². The molecule has 0 radical (unpaired) electrons. The van der Waals surface area contributed by atoms with Gasteiger partial charge in [0.2, 0.25) is 0 Å². The van der Waals surface area contributed by atoms with E-state index in [1.807, 2.05) is 0 Å². The first-order valence-electron chi connectivity index (χ1n) is 27.0. The van der Waals surface area contributed by atoms with Crippen molar-refractivity contribution in [2.24, 2.45) is 0 Å². The molecule has 3 aliphatic heterocycles. The Labute approximate surface area is 434 Å². The van der Waals surface area contributed by atoms with Crippen molar-refractivity contribution >= 4 is 90.4 Å². The highest BCUT2D eigenvalue weighted by Gasteiger charge is 2.58. The summed E-state index contributed by atoms with van der Waals surface area (Å²) in [6.07, 6.45) is 4.85. The van der Waals surface area contributed by atoms with Crippen LogP contribution in [0.5, 0.6) is 0 Å². The first-order chi connectivity index (χ1) is 34.8. The molecule has 1 aliphatic carbocycles. The second-order valence-electron chi connectivity index (χ2n) is 25.4. The average Bonchev–Trinajstić information content (AvgIpc) is 3.82. The SMILES string of the molecule is CC(C)(C)c1ccc(N(c2ccc(C(C)(C)C)cc2)c2cc3c4c(c2)-n2c5ccccc5c5cccc(c52)B4c2ccc(N4c5ccccc5C5(C)CCCCC45C)cc2N3c2ccc(C(C)(C)C)cc2)cc1. The molecule has 364 valence electrons. The smallest absolute Gasteiger partial charge is 0.252 e. The largest absolute Gasteiger partial charge is 0.334 e. The molecule has 73 heavy (non-hydrogen) atoms. The van der Waals surface area contributed by atoms with Crippen molar-refractivity contribution in [3.8, 4) is 5.69 Å². The van der Waals surface area contributed by atoms with E-state index >= 15 is 0 Å². The first kappa shape index (κ1) is 45.9. The quantitative estimate of drug-likeness (QED) is 0.160. The Morgan fingerprint density at radius 3 is 1.68 bits per heavy atom. The Balaban J connectivity index is 1.13. The minimum Gasteiger partial charge on any atom is -0.334 e. The molecule has 0 saturated heterocycles. The van der Waals surface area contributed by atoms with E-state index in [1.54, 1.807) is 0 Å². The third kappa shape index (κ3) is 6.72. The molecule has 0 bridgehead atoms. The van der Waals surface area contributed by atoms with Gasteiger partial charge < -0.3 is 19.3 Å². The van der Waals surface area contributed by atoms with Gasteiger partial charge in [-0.2, -0.15) is 0 Å². The Hall–Kier alpha value is -6.98. The molecule has 2 atom stereocenters. The molecule has 8 aromatic carbocycles. The van der Waals surface area contributed by atoms with Crippen molar-refractivity contribution in [1.29, 1.82) is 0 Å². The van der Waals surface area contributed by atoms with Crippen LogP contribution in [0.1, 0.15) is 124 Å². The molecule has 1 fully saturated rings. The zero-order valence-corrected chi connectivity index (χ0v) is 44.9. The zero-order chi connectivity index (χ0) is 50.6. The van der Waals surface area contributed by atoms with Crippen LogP contribution < -0.4 is 31.1 Å². The highest BCUT2D eigenvalue weighted by Crippen LogP contribution is 2.61. The fourth-order valence-electron chi connectivity index (χ4n) is 13.8. The van der Waals surface area contributed by atoms with Crippen molar-refractivity contribution in [1.82, 2.24) is 4.57 Å². The van der Waals surface area contributed by atoms with Crippen molar-refractivity contribution in [2.75, 3.05) is 14.7 Å². The normalized spacial score (nSPS) is 19.0. The second-order valence-corrected chi connectivity index (χ2v) is 25.4. The number of rotatable bonds is 5. The fourth-order valence-corrected chi connectivity index (χ4v) is 13.8. The molecule has 4 aliphatic rings. The third-order valence-electron chi connectivity index (χ3n) is 18.0. The first-order valence-corrected chi connectivity index (χ1v) is 27.0. The predicted octanol–water partition coefficient (Wildman–Crippen LogP) is 16.5. The molecule has 0 N–H and O–H groups in total. The fraction of sp³-hybridized carbons (Fsp3) is 0.294. The summed E-state index contributed by atoms with van der Waals surface area (Å²) in [5.74, 6) is 0. The standard InChI is InChI=1S/C68H69BN4/c1-64(2,3)44-25-31-47(32-26-44)70(48-33-27-45(28-34-48)65(4,5)6)51-42-60-62-61(43-51)72-57-23-14-12-19-52(57)53-20-18-22-56(63(53)72)69(62)55-38-37-50(41-59(55)71(60)49-35-29-46(30-36-49)66(7,8)9)73-58-24-15-13-21-54(58)67(10)39-16-17-40-68(67,73)11/h12-15,18-38,41-43H,16-17,39-40H2,1-11H3. The number of nitrogens with zero attached hydrogens (tertiary/aromatic N) is 4. The number of benzene rings is 8. The highest BCUT2D eigenvalue weighted by atomic mass is 15.3. The van der Waals surface area contributed by atoms with Crippen LogP contribution in [0.25, 0.3) is 27.5 Å². The van der Waals surface area contributed by atoms with Crippen LogP contribution in [0.4, 0.5) is 45.5 Å². The molecule has 0 spiro atoms. The van der Waals surface area contributed by atoms with Crippen molar-refractivity contribution < 1.29 is 0 Å². The Bertz CT molecular complexity index is 3620. The molecule has 2 unspecified atom stereocenters. The maximum absolute atomic E-state index is 2.75. The topological polar surface area (TPSA) is 14.7 Å². The summed E-state index contributed by atoms with van der Waals surface area (Å²) >= 11 is 0. The number of para-hydroxylation sites is 3. The molecular formula is C68H69BN4. The lowest BCUT2D eigenvalue weighted by Crippen LogP contribution is -2.60. The summed E-state index contributed by atoms with van der Waals surface area (Å²) < 4.78 is 2.61. The minimum absolute atomic E-state index is 0.000645. The number of anilines is 8. The lowest BCUT2D eigenvalue weighted by molar-refractivity contribution is 0.195. The van der Waals surface area contributed by atoms with Crippen molar-refractivity contribution in [3.05, 3.63) is 192 Å². The minimum atomic E-state index is -0.0712. The van der Waals surface area contributed by atoms with E-state index in [-0.39, 0.29) is 33.9 Å². The van der Waals surface area contributed by atoms with E-state index < -0.39 is 0 Å². The third-order valence-corrected chi connectivity index (χ3v) is 18.0. The molecule has 1 aromatic heterocycles. The molecule has 13 rings (SSSR count). The van der Waals surface area contributed by atoms with Crippen LogP contribution >= 0.6 is 0 Å². The van der Waals surface area contributed by atoms with Gasteiger partial charge in [0.25, 0.3) is 6.71 Å². The molecule has 4 nitrogen and oxygen atoms in total. The number of fused-ring (bicyclic) bond motifs is 10. The van der Waals surface area contributed by atoms with Gasteiger partial charge in [-0.05, 0) is 147 Å². The maximum atomic E-state index is 2.75. The summed E-state index contributed by atoms with van der Waals surface area (Å²) in [6, 6.07) is 66.2. The second kappa shape index (κ2) is 15.8. The molecule has 1 saturated carbocycles. The van der Waals surface area contributed by atoms with Crippen LogP contribution in [0.15, 0.2) is 170 Å². The molecular weight excluding hydrogens is 884 g/mol. The van der Waals surface area contributed by atoms with Gasteiger partial charge in [-0.1, -0.05) is 179 Å². The van der Waals surface area contributed by atoms with E-state index in [9.17, 15) is 0 Å². The van der Waals surface area contributed by atoms with Gasteiger partial charge in [-0.25, -0.2) is 0 Å². The lowest BCUT2D eigenvalue weighted by atomic mass is 9.33. The average molecular weight is 953 g/mol. The zero-order valence-electron chi connectivity index (χ0n) is 44.9. The highest BCUT2D eigenvalue weighted by molar-refractivity contribution is 7.00. The van der Waals surface area contributed by atoms with E-state index in [0.29, 0.717) is 0 Å². The van der Waals surface area contributed by atoms with Crippen LogP contribution in [0.2, 0.25) is 0 Å². The Kier molecular flexibility index (Phi) is 9.90. The van der Waals surface area contributed by atoms with Crippen LogP contribution in [-0.4, -0.2) is 16.8 Å². The molecule has 0 amide bonds. The van der Waals surface area contributed by atoms with E-state index in [0.717, 1.165) is 29.2 Å². The van der Waals surface area contributed by atoms with Crippen LogP contribution in [0.3, 0.4) is 0 Å². The van der Waals surface area contributed by atoms with Gasteiger partial charge in [-0.3, -0.25) is 0 Å². The number of hydrogen-bond donors (Lipinski definition) is 0.